The van der Waals surface area contributed by atoms with E-state index in [0.29, 0.717) is 11.6 Å². The summed E-state index contributed by atoms with van der Waals surface area (Å²) in [5.74, 6) is -0.416. The van der Waals surface area contributed by atoms with Crippen molar-refractivity contribution in [3.63, 3.8) is 0 Å². The van der Waals surface area contributed by atoms with Crippen LogP contribution in [0.3, 0.4) is 0 Å². The van der Waals surface area contributed by atoms with Crippen molar-refractivity contribution in [1.82, 2.24) is 4.90 Å². The number of thiophene rings is 1. The molecular formula is C19H17N5S. The third-order valence-electron chi connectivity index (χ3n) is 6.07. The van der Waals surface area contributed by atoms with Crippen molar-refractivity contribution >= 4 is 11.3 Å². The zero-order valence-electron chi connectivity index (χ0n) is 13.8. The highest BCUT2D eigenvalue weighted by molar-refractivity contribution is 7.10. The number of likely N-dealkylation sites (N-methyl/N-ethyl adjacent to an activating group) is 1. The molecule has 2 bridgehead atoms. The maximum atomic E-state index is 10.00. The van der Waals surface area contributed by atoms with E-state index in [-0.39, 0.29) is 23.6 Å². The third-order valence-corrected chi connectivity index (χ3v) is 7.03. The van der Waals surface area contributed by atoms with Gasteiger partial charge in [-0.3, -0.25) is 4.90 Å². The van der Waals surface area contributed by atoms with E-state index in [1.807, 2.05) is 17.5 Å². The van der Waals surface area contributed by atoms with Gasteiger partial charge in [-0.05, 0) is 36.9 Å². The summed E-state index contributed by atoms with van der Waals surface area (Å²) >= 11 is 1.55. The Morgan fingerprint density at radius 3 is 2.64 bits per heavy atom. The lowest BCUT2D eigenvalue weighted by Crippen LogP contribution is -2.51. The van der Waals surface area contributed by atoms with E-state index in [4.69, 9.17) is 5.73 Å². The summed E-state index contributed by atoms with van der Waals surface area (Å²) in [6, 6.07) is 11.0. The number of nitriles is 3. The normalized spacial score (nSPS) is 33.0. The van der Waals surface area contributed by atoms with Crippen LogP contribution in [-0.4, -0.2) is 24.0 Å². The average Bonchev–Trinajstić information content (AvgIpc) is 3.21. The summed E-state index contributed by atoms with van der Waals surface area (Å²) in [6.45, 7) is 0. The minimum absolute atomic E-state index is 0.0661. The van der Waals surface area contributed by atoms with E-state index in [1.165, 1.54) is 0 Å². The first-order chi connectivity index (χ1) is 12.1. The quantitative estimate of drug-likeness (QED) is 0.841. The van der Waals surface area contributed by atoms with Crippen LogP contribution >= 0.6 is 11.3 Å². The SMILES string of the molecule is CN1C2C=C3C(C#N)=C(N)C(C#N)(C#N)C(c4cccs4)[C@H]3C1CC2. The molecule has 0 aromatic carbocycles. The van der Waals surface area contributed by atoms with E-state index >= 15 is 0 Å². The molecule has 6 heteroatoms. The summed E-state index contributed by atoms with van der Waals surface area (Å²) in [7, 11) is 2.09. The second-order valence-corrected chi connectivity index (χ2v) is 7.93. The Labute approximate surface area is 150 Å². The zero-order chi connectivity index (χ0) is 17.8. The minimum Gasteiger partial charge on any atom is -0.399 e. The van der Waals surface area contributed by atoms with Crippen LogP contribution < -0.4 is 5.73 Å². The zero-order valence-corrected chi connectivity index (χ0v) is 14.6. The van der Waals surface area contributed by atoms with Gasteiger partial charge in [0.25, 0.3) is 0 Å². The van der Waals surface area contributed by atoms with Crippen molar-refractivity contribution in [2.45, 2.75) is 30.8 Å². The van der Waals surface area contributed by atoms with Crippen LogP contribution in [0.5, 0.6) is 0 Å². The van der Waals surface area contributed by atoms with Gasteiger partial charge in [-0.15, -0.1) is 11.3 Å². The lowest BCUT2D eigenvalue weighted by molar-refractivity contribution is 0.162. The van der Waals surface area contributed by atoms with Gasteiger partial charge in [0, 0.05) is 28.8 Å². The number of hydrogen-bond donors (Lipinski definition) is 1. The van der Waals surface area contributed by atoms with Crippen molar-refractivity contribution in [1.29, 1.82) is 15.8 Å². The molecule has 2 N–H and O–H groups in total. The molecule has 1 aromatic heterocycles. The molecule has 0 saturated carbocycles. The Morgan fingerprint density at radius 1 is 1.28 bits per heavy atom. The Morgan fingerprint density at radius 2 is 2.04 bits per heavy atom. The number of fused-ring (bicyclic) bond motifs is 4. The molecule has 5 nitrogen and oxygen atoms in total. The van der Waals surface area contributed by atoms with Gasteiger partial charge in [0.2, 0.25) is 0 Å². The highest BCUT2D eigenvalue weighted by atomic mass is 32.1. The Hall–Kier alpha value is -2.59. The van der Waals surface area contributed by atoms with Gasteiger partial charge in [0.05, 0.1) is 23.4 Å². The molecule has 2 aliphatic heterocycles. The summed E-state index contributed by atoms with van der Waals surface area (Å²) in [5, 5.41) is 31.7. The average molecular weight is 347 g/mol. The molecule has 1 aliphatic carbocycles. The predicted octanol–water partition coefficient (Wildman–Crippen LogP) is 2.63. The third kappa shape index (κ3) is 1.89. The molecule has 3 heterocycles. The largest absolute Gasteiger partial charge is 0.399 e. The summed E-state index contributed by atoms with van der Waals surface area (Å²) in [5.41, 5.74) is 6.19. The molecular weight excluding hydrogens is 330 g/mol. The fraction of sp³-hybridized carbons (Fsp3) is 0.421. The van der Waals surface area contributed by atoms with Crippen molar-refractivity contribution in [2.75, 3.05) is 7.05 Å². The van der Waals surface area contributed by atoms with Crippen LogP contribution in [0.15, 0.2) is 40.4 Å². The van der Waals surface area contributed by atoms with Crippen molar-refractivity contribution in [2.24, 2.45) is 17.1 Å². The van der Waals surface area contributed by atoms with E-state index in [2.05, 4.69) is 36.2 Å². The maximum Gasteiger partial charge on any atom is 0.192 e. The van der Waals surface area contributed by atoms with E-state index in [9.17, 15) is 15.8 Å². The highest BCUT2D eigenvalue weighted by Gasteiger charge is 2.58. The van der Waals surface area contributed by atoms with Gasteiger partial charge in [-0.25, -0.2) is 0 Å². The number of nitrogens with two attached hydrogens (primary N) is 1. The molecule has 1 fully saturated rings. The first-order valence-corrected chi connectivity index (χ1v) is 9.17. The molecule has 25 heavy (non-hydrogen) atoms. The topological polar surface area (TPSA) is 101 Å². The minimum atomic E-state index is -1.51. The van der Waals surface area contributed by atoms with Gasteiger partial charge in [0.1, 0.15) is 6.07 Å². The molecule has 4 rings (SSSR count). The van der Waals surface area contributed by atoms with Crippen molar-refractivity contribution in [3.8, 4) is 18.2 Å². The van der Waals surface area contributed by atoms with Gasteiger partial charge in [0.15, 0.2) is 5.41 Å². The van der Waals surface area contributed by atoms with Crippen LogP contribution in [0.2, 0.25) is 0 Å². The Kier molecular flexibility index (Phi) is 3.48. The van der Waals surface area contributed by atoms with Crippen LogP contribution in [-0.2, 0) is 0 Å². The smallest absolute Gasteiger partial charge is 0.192 e. The van der Waals surface area contributed by atoms with Gasteiger partial charge in [-0.2, -0.15) is 15.8 Å². The van der Waals surface area contributed by atoms with Gasteiger partial charge < -0.3 is 5.73 Å². The molecule has 0 amide bonds. The number of rotatable bonds is 1. The van der Waals surface area contributed by atoms with Crippen LogP contribution in [0, 0.1) is 45.3 Å². The first-order valence-electron chi connectivity index (χ1n) is 8.29. The molecule has 3 aliphatic rings. The van der Waals surface area contributed by atoms with E-state index in [0.717, 1.165) is 23.3 Å². The van der Waals surface area contributed by atoms with Crippen LogP contribution in [0.25, 0.3) is 0 Å². The second-order valence-electron chi connectivity index (χ2n) is 6.95. The fourth-order valence-corrected chi connectivity index (χ4v) is 5.80. The fourth-order valence-electron chi connectivity index (χ4n) is 4.86. The summed E-state index contributed by atoms with van der Waals surface area (Å²) in [6.07, 6.45) is 4.17. The first kappa shape index (κ1) is 15.9. The van der Waals surface area contributed by atoms with Gasteiger partial charge >= 0.3 is 0 Å². The molecule has 0 spiro atoms. The number of hydrogen-bond acceptors (Lipinski definition) is 6. The van der Waals surface area contributed by atoms with E-state index in [1.54, 1.807) is 11.3 Å². The lowest BCUT2D eigenvalue weighted by atomic mass is 9.58. The second kappa shape index (κ2) is 5.46. The highest BCUT2D eigenvalue weighted by Crippen LogP contribution is 2.58. The lowest BCUT2D eigenvalue weighted by Gasteiger charge is -2.47. The maximum absolute atomic E-state index is 10.00. The monoisotopic (exact) mass is 347 g/mol. The molecule has 4 atom stereocenters. The summed E-state index contributed by atoms with van der Waals surface area (Å²) in [4.78, 5) is 3.31. The van der Waals surface area contributed by atoms with Crippen LogP contribution in [0.4, 0.5) is 0 Å². The van der Waals surface area contributed by atoms with Crippen LogP contribution in [0.1, 0.15) is 23.6 Å². The molecule has 1 aromatic rings. The number of nitrogens with zero attached hydrogens (tertiary/aromatic N) is 4. The number of allylic oxidation sites excluding steroid dienone is 2. The molecule has 3 unspecified atom stereocenters. The van der Waals surface area contributed by atoms with Crippen molar-refractivity contribution < 1.29 is 0 Å². The van der Waals surface area contributed by atoms with Gasteiger partial charge in [-0.1, -0.05) is 12.1 Å². The van der Waals surface area contributed by atoms with E-state index < -0.39 is 5.41 Å². The Bertz CT molecular complexity index is 891. The molecule has 124 valence electrons. The summed E-state index contributed by atoms with van der Waals surface area (Å²) < 4.78 is 0. The molecule has 0 radical (unpaired) electrons. The predicted molar refractivity (Wildman–Crippen MR) is 93.7 cm³/mol. The Balaban J connectivity index is 2.05. The van der Waals surface area contributed by atoms with Crippen molar-refractivity contribution in [3.05, 3.63) is 45.3 Å². The standard InChI is InChI=1S/C19H17N5S/c1-24-11-4-5-14(24)16-12(7-11)13(8-20)18(23)19(9-21,10-22)17(16)15-3-2-6-25-15/h2-3,6-7,11,14,16-17H,4-5,23H2,1H3/t11?,14?,16-,17?/m1/s1. The molecule has 1 saturated heterocycles.